The summed E-state index contributed by atoms with van der Waals surface area (Å²) < 4.78 is 0. The van der Waals surface area contributed by atoms with Crippen LogP contribution >= 0.6 is 0 Å². The van der Waals surface area contributed by atoms with Crippen molar-refractivity contribution in [3.05, 3.63) is 0 Å². The molecule has 0 saturated heterocycles. The molecule has 1 aliphatic heterocycles. The van der Waals surface area contributed by atoms with Gasteiger partial charge in [-0.15, -0.1) is 0 Å². The molecule has 0 saturated carbocycles. The molecular weight excluding hydrogens is 146 g/mol. The fourth-order valence-corrected chi connectivity index (χ4v) is 1.57. The minimum Gasteiger partial charge on any atom is -0.286 e. The molecule has 0 aromatic heterocycles. The van der Waals surface area contributed by atoms with Crippen molar-refractivity contribution < 1.29 is 0 Å². The Labute approximate surface area is 76.3 Å². The molecule has 70 valence electrons. The smallest absolute Gasteiger partial charge is 0.0768 e. The average molecular weight is 167 g/mol. The summed E-state index contributed by atoms with van der Waals surface area (Å²) >= 11 is 0. The number of hydrogen-bond donors (Lipinski definition) is 0. The van der Waals surface area contributed by atoms with Crippen molar-refractivity contribution in [3.8, 4) is 0 Å². The standard InChI is InChI=1S/C11H21N/c1-3-4-6-10(2)7-5-8-11-9-12-11/h10H,3-9H2,1-2H3/t10-/m0/s1. The van der Waals surface area contributed by atoms with E-state index in [1.807, 2.05) is 0 Å². The zero-order valence-electron chi connectivity index (χ0n) is 8.47. The van der Waals surface area contributed by atoms with Gasteiger partial charge in [0.1, 0.15) is 0 Å². The van der Waals surface area contributed by atoms with E-state index < -0.39 is 0 Å². The Morgan fingerprint density at radius 3 is 2.58 bits per heavy atom. The highest BCUT2D eigenvalue weighted by Crippen LogP contribution is 2.16. The van der Waals surface area contributed by atoms with E-state index in [2.05, 4.69) is 18.8 Å². The van der Waals surface area contributed by atoms with Gasteiger partial charge in [0.25, 0.3) is 0 Å². The first kappa shape index (κ1) is 9.76. The van der Waals surface area contributed by atoms with Gasteiger partial charge in [-0.25, -0.2) is 0 Å². The molecule has 1 atom stereocenters. The Morgan fingerprint density at radius 1 is 1.33 bits per heavy atom. The molecule has 1 aliphatic rings. The second-order valence-corrected chi connectivity index (χ2v) is 4.02. The van der Waals surface area contributed by atoms with Crippen molar-refractivity contribution in [1.82, 2.24) is 0 Å². The van der Waals surface area contributed by atoms with Crippen LogP contribution in [0, 0.1) is 5.92 Å². The van der Waals surface area contributed by atoms with Gasteiger partial charge >= 0.3 is 0 Å². The normalized spacial score (nSPS) is 17.3. The monoisotopic (exact) mass is 167 g/mol. The average Bonchev–Trinajstić information content (AvgIpc) is 2.84. The minimum absolute atomic E-state index is 0.935. The topological polar surface area (TPSA) is 12.4 Å². The van der Waals surface area contributed by atoms with Crippen molar-refractivity contribution in [2.75, 3.05) is 6.54 Å². The first-order chi connectivity index (χ1) is 5.83. The molecule has 0 amide bonds. The molecule has 1 nitrogen and oxygen atoms in total. The predicted molar refractivity (Wildman–Crippen MR) is 54.8 cm³/mol. The molecule has 0 unspecified atom stereocenters. The summed E-state index contributed by atoms with van der Waals surface area (Å²) in [6.45, 7) is 5.72. The van der Waals surface area contributed by atoms with Crippen LogP contribution in [0.25, 0.3) is 0 Å². The van der Waals surface area contributed by atoms with Crippen molar-refractivity contribution in [2.24, 2.45) is 10.9 Å². The number of rotatable bonds is 7. The Kier molecular flexibility index (Phi) is 4.34. The van der Waals surface area contributed by atoms with E-state index in [1.165, 1.54) is 44.2 Å². The maximum Gasteiger partial charge on any atom is 0.0768 e. The predicted octanol–water partition coefficient (Wildman–Crippen LogP) is 3.44. The van der Waals surface area contributed by atoms with Crippen LogP contribution in [0.1, 0.15) is 52.4 Å². The second kappa shape index (κ2) is 5.34. The van der Waals surface area contributed by atoms with E-state index in [0.717, 1.165) is 12.5 Å². The van der Waals surface area contributed by atoms with E-state index in [4.69, 9.17) is 0 Å². The Hall–Kier alpha value is -0.330. The summed E-state index contributed by atoms with van der Waals surface area (Å²) in [6.07, 6.45) is 8.21. The van der Waals surface area contributed by atoms with Crippen molar-refractivity contribution in [3.63, 3.8) is 0 Å². The van der Waals surface area contributed by atoms with E-state index >= 15 is 0 Å². The lowest BCUT2D eigenvalue weighted by atomic mass is 9.98. The highest BCUT2D eigenvalue weighted by molar-refractivity contribution is 5.96. The van der Waals surface area contributed by atoms with Gasteiger partial charge in [0.05, 0.1) is 6.54 Å². The first-order valence-corrected chi connectivity index (χ1v) is 5.35. The number of aliphatic imine (C=N–C) groups is 1. The van der Waals surface area contributed by atoms with Crippen LogP contribution in [-0.2, 0) is 0 Å². The minimum atomic E-state index is 0.935. The highest BCUT2D eigenvalue weighted by atomic mass is 14.9. The Balaban J connectivity index is 1.86. The van der Waals surface area contributed by atoms with Gasteiger partial charge in [0.15, 0.2) is 0 Å². The van der Waals surface area contributed by atoms with Gasteiger partial charge in [-0.05, 0) is 18.8 Å². The molecule has 1 heteroatoms. The highest BCUT2D eigenvalue weighted by Gasteiger charge is 2.09. The third-order valence-corrected chi connectivity index (χ3v) is 2.59. The summed E-state index contributed by atoms with van der Waals surface area (Å²) in [5.41, 5.74) is 1.46. The van der Waals surface area contributed by atoms with Gasteiger partial charge < -0.3 is 0 Å². The van der Waals surface area contributed by atoms with E-state index in [-0.39, 0.29) is 0 Å². The summed E-state index contributed by atoms with van der Waals surface area (Å²) in [7, 11) is 0. The molecule has 1 rings (SSSR count). The molecule has 0 aromatic carbocycles. The molecule has 0 radical (unpaired) electrons. The number of nitrogens with zero attached hydrogens (tertiary/aromatic N) is 1. The zero-order chi connectivity index (χ0) is 8.81. The van der Waals surface area contributed by atoms with Crippen LogP contribution in [0.4, 0.5) is 0 Å². The van der Waals surface area contributed by atoms with Crippen molar-refractivity contribution in [2.45, 2.75) is 52.4 Å². The summed E-state index contributed by atoms with van der Waals surface area (Å²) in [5, 5.41) is 0. The lowest BCUT2D eigenvalue weighted by molar-refractivity contribution is 0.461. The fraction of sp³-hybridized carbons (Fsp3) is 0.909. The van der Waals surface area contributed by atoms with Crippen LogP contribution in [0.2, 0.25) is 0 Å². The first-order valence-electron chi connectivity index (χ1n) is 5.35. The van der Waals surface area contributed by atoms with Gasteiger partial charge in [-0.1, -0.05) is 39.5 Å². The third-order valence-electron chi connectivity index (χ3n) is 2.59. The summed E-state index contributed by atoms with van der Waals surface area (Å²) in [6, 6.07) is 0. The van der Waals surface area contributed by atoms with Crippen LogP contribution in [0.5, 0.6) is 0 Å². The van der Waals surface area contributed by atoms with E-state index in [1.54, 1.807) is 0 Å². The molecule has 12 heavy (non-hydrogen) atoms. The zero-order valence-corrected chi connectivity index (χ0v) is 8.47. The lowest BCUT2D eigenvalue weighted by Crippen LogP contribution is -1.95. The van der Waals surface area contributed by atoms with E-state index in [0.29, 0.717) is 0 Å². The van der Waals surface area contributed by atoms with Crippen LogP contribution < -0.4 is 0 Å². The largest absolute Gasteiger partial charge is 0.286 e. The Bertz CT molecular complexity index is 149. The van der Waals surface area contributed by atoms with Crippen LogP contribution in [-0.4, -0.2) is 12.3 Å². The molecule has 0 aromatic rings. The summed E-state index contributed by atoms with van der Waals surface area (Å²) in [5.74, 6) is 0.935. The molecule has 0 N–H and O–H groups in total. The molecule has 1 heterocycles. The van der Waals surface area contributed by atoms with Gasteiger partial charge in [-0.2, -0.15) is 0 Å². The van der Waals surface area contributed by atoms with E-state index in [9.17, 15) is 0 Å². The SMILES string of the molecule is CCCC[C@H](C)CCCC1=NC1. The molecular formula is C11H21N. The molecule has 0 spiro atoms. The third kappa shape index (κ3) is 4.53. The maximum absolute atomic E-state index is 4.18. The Morgan fingerprint density at radius 2 is 2.00 bits per heavy atom. The van der Waals surface area contributed by atoms with Gasteiger partial charge in [0.2, 0.25) is 0 Å². The molecule has 0 fully saturated rings. The quantitative estimate of drug-likeness (QED) is 0.551. The van der Waals surface area contributed by atoms with Gasteiger partial charge in [-0.3, -0.25) is 4.99 Å². The number of unbranched alkanes of at least 4 members (excludes halogenated alkanes) is 1. The second-order valence-electron chi connectivity index (χ2n) is 4.02. The van der Waals surface area contributed by atoms with Crippen LogP contribution in [0.15, 0.2) is 4.99 Å². The molecule has 0 bridgehead atoms. The van der Waals surface area contributed by atoms with Crippen molar-refractivity contribution >= 4 is 5.71 Å². The summed E-state index contributed by atoms with van der Waals surface area (Å²) in [4.78, 5) is 4.18. The maximum atomic E-state index is 4.18. The van der Waals surface area contributed by atoms with Gasteiger partial charge in [0, 0.05) is 5.71 Å². The molecule has 0 aliphatic carbocycles. The fourth-order valence-electron chi connectivity index (χ4n) is 1.57. The lowest BCUT2D eigenvalue weighted by Gasteiger charge is -2.08. The number of hydrogen-bond acceptors (Lipinski definition) is 1. The van der Waals surface area contributed by atoms with Crippen LogP contribution in [0.3, 0.4) is 0 Å². The van der Waals surface area contributed by atoms with Crippen molar-refractivity contribution in [1.29, 1.82) is 0 Å².